The molecule has 0 aliphatic heterocycles. The number of carbonyl (C=O) groups is 1. The van der Waals surface area contributed by atoms with E-state index in [-0.39, 0.29) is 5.02 Å². The highest BCUT2D eigenvalue weighted by atomic mass is 35.5. The minimum atomic E-state index is -0.977. The van der Waals surface area contributed by atoms with E-state index in [2.05, 4.69) is 5.32 Å². The van der Waals surface area contributed by atoms with Crippen molar-refractivity contribution in [2.75, 3.05) is 0 Å². The van der Waals surface area contributed by atoms with Crippen molar-refractivity contribution < 1.29 is 14.3 Å². The molecule has 0 bridgehead atoms. The van der Waals surface area contributed by atoms with Crippen molar-refractivity contribution in [3.05, 3.63) is 34.6 Å². The maximum absolute atomic E-state index is 13.0. The summed E-state index contributed by atoms with van der Waals surface area (Å²) in [7, 11) is 0. The molecule has 1 unspecified atom stereocenters. The molecule has 0 spiro atoms. The third-order valence-electron chi connectivity index (χ3n) is 2.89. The maximum atomic E-state index is 13.0. The smallest absolute Gasteiger partial charge is 0.323 e. The van der Waals surface area contributed by atoms with Gasteiger partial charge in [0.1, 0.15) is 11.4 Å². The van der Waals surface area contributed by atoms with Gasteiger partial charge in [0.2, 0.25) is 0 Å². The first-order chi connectivity index (χ1) is 8.39. The molecule has 0 aliphatic rings. The first-order valence-corrected chi connectivity index (χ1v) is 6.19. The zero-order valence-corrected chi connectivity index (χ0v) is 11.2. The maximum Gasteiger partial charge on any atom is 0.323 e. The zero-order valence-electron chi connectivity index (χ0n) is 10.5. The summed E-state index contributed by atoms with van der Waals surface area (Å²) in [6.45, 7) is 3.91. The quantitative estimate of drug-likeness (QED) is 0.837. The second kappa shape index (κ2) is 6.16. The SMILES string of the molecule is CCCC(C)(NCc1ccc(F)c(Cl)c1)C(=O)O. The van der Waals surface area contributed by atoms with Gasteiger partial charge in [0, 0.05) is 6.54 Å². The van der Waals surface area contributed by atoms with Crippen LogP contribution in [0.2, 0.25) is 5.02 Å². The molecule has 2 N–H and O–H groups in total. The predicted molar refractivity (Wildman–Crippen MR) is 69.2 cm³/mol. The molecule has 0 aliphatic carbocycles. The monoisotopic (exact) mass is 273 g/mol. The second-order valence-corrected chi connectivity index (χ2v) is 4.90. The molecule has 0 saturated carbocycles. The fraction of sp³-hybridized carbons (Fsp3) is 0.462. The Labute approximate surface area is 111 Å². The molecule has 1 rings (SSSR count). The van der Waals surface area contributed by atoms with E-state index in [1.165, 1.54) is 12.1 Å². The van der Waals surface area contributed by atoms with E-state index < -0.39 is 17.3 Å². The molecule has 0 radical (unpaired) electrons. The van der Waals surface area contributed by atoms with E-state index in [9.17, 15) is 14.3 Å². The molecule has 3 nitrogen and oxygen atoms in total. The summed E-state index contributed by atoms with van der Waals surface area (Å²) in [6.07, 6.45) is 1.29. The lowest BCUT2D eigenvalue weighted by atomic mass is 9.96. The first-order valence-electron chi connectivity index (χ1n) is 5.81. The summed E-state index contributed by atoms with van der Waals surface area (Å²) < 4.78 is 13.0. The molecule has 0 fully saturated rings. The minimum absolute atomic E-state index is 0.0434. The highest BCUT2D eigenvalue weighted by molar-refractivity contribution is 6.30. The van der Waals surface area contributed by atoms with E-state index >= 15 is 0 Å². The number of aliphatic carboxylic acids is 1. The molecule has 0 aromatic heterocycles. The van der Waals surface area contributed by atoms with Gasteiger partial charge in [0.05, 0.1) is 5.02 Å². The van der Waals surface area contributed by atoms with Gasteiger partial charge in [0.15, 0.2) is 0 Å². The van der Waals surface area contributed by atoms with Gasteiger partial charge >= 0.3 is 5.97 Å². The Morgan fingerprint density at radius 2 is 2.22 bits per heavy atom. The number of rotatable bonds is 6. The highest BCUT2D eigenvalue weighted by Gasteiger charge is 2.31. The third kappa shape index (κ3) is 3.68. The van der Waals surface area contributed by atoms with Gasteiger partial charge in [-0.25, -0.2) is 4.39 Å². The van der Waals surface area contributed by atoms with Crippen LogP contribution in [0.15, 0.2) is 18.2 Å². The van der Waals surface area contributed by atoms with Gasteiger partial charge in [0.25, 0.3) is 0 Å². The Morgan fingerprint density at radius 3 is 2.72 bits per heavy atom. The standard InChI is InChI=1S/C13H17ClFNO2/c1-3-6-13(2,12(17)18)16-8-9-4-5-11(15)10(14)7-9/h4-5,7,16H,3,6,8H2,1-2H3,(H,17,18). The average molecular weight is 274 g/mol. The lowest BCUT2D eigenvalue weighted by Gasteiger charge is -2.26. The average Bonchev–Trinajstić information content (AvgIpc) is 2.31. The Balaban J connectivity index is 2.73. The van der Waals surface area contributed by atoms with E-state index in [4.69, 9.17) is 11.6 Å². The van der Waals surface area contributed by atoms with Crippen LogP contribution in [0.1, 0.15) is 32.3 Å². The molecule has 0 amide bonds. The van der Waals surface area contributed by atoms with Gasteiger partial charge < -0.3 is 5.11 Å². The number of carboxylic acids is 1. The largest absolute Gasteiger partial charge is 0.480 e. The van der Waals surface area contributed by atoms with Crippen LogP contribution in [0.3, 0.4) is 0 Å². The van der Waals surface area contributed by atoms with E-state index in [1.54, 1.807) is 13.0 Å². The molecular weight excluding hydrogens is 257 g/mol. The zero-order chi connectivity index (χ0) is 13.8. The number of benzene rings is 1. The molecule has 1 atom stereocenters. The number of carboxylic acid groups (broad SMARTS) is 1. The van der Waals surface area contributed by atoms with Crippen molar-refractivity contribution in [2.24, 2.45) is 0 Å². The van der Waals surface area contributed by atoms with Gasteiger partial charge in [-0.2, -0.15) is 0 Å². The van der Waals surface area contributed by atoms with E-state index in [0.29, 0.717) is 13.0 Å². The molecule has 5 heteroatoms. The van der Waals surface area contributed by atoms with Crippen LogP contribution < -0.4 is 5.32 Å². The highest BCUT2D eigenvalue weighted by Crippen LogP contribution is 2.18. The Hall–Kier alpha value is -1.13. The number of hydrogen-bond acceptors (Lipinski definition) is 2. The number of halogens is 2. The van der Waals surface area contributed by atoms with Gasteiger partial charge in [-0.05, 0) is 31.0 Å². The van der Waals surface area contributed by atoms with E-state index in [0.717, 1.165) is 12.0 Å². The summed E-state index contributed by atoms with van der Waals surface area (Å²) in [5, 5.41) is 12.2. The van der Waals surface area contributed by atoms with Crippen molar-refractivity contribution in [1.82, 2.24) is 5.32 Å². The van der Waals surface area contributed by atoms with Crippen LogP contribution in [0, 0.1) is 5.82 Å². The topological polar surface area (TPSA) is 49.3 Å². The summed E-state index contributed by atoms with van der Waals surface area (Å²) in [4.78, 5) is 11.2. The van der Waals surface area contributed by atoms with Crippen molar-refractivity contribution in [1.29, 1.82) is 0 Å². The second-order valence-electron chi connectivity index (χ2n) is 4.49. The van der Waals surface area contributed by atoms with Crippen LogP contribution in [0.4, 0.5) is 4.39 Å². The molecule has 18 heavy (non-hydrogen) atoms. The molecular formula is C13H17ClFNO2. The van der Waals surface area contributed by atoms with Gasteiger partial charge in [-0.15, -0.1) is 0 Å². The Kier molecular flexibility index (Phi) is 5.11. The van der Waals surface area contributed by atoms with Crippen molar-refractivity contribution in [3.63, 3.8) is 0 Å². The molecule has 100 valence electrons. The predicted octanol–water partition coefficient (Wildman–Crippen LogP) is 3.21. The molecule has 0 saturated heterocycles. The van der Waals surface area contributed by atoms with Crippen molar-refractivity contribution >= 4 is 17.6 Å². The summed E-state index contributed by atoms with van der Waals surface area (Å²) in [5.41, 5.74) is -0.222. The summed E-state index contributed by atoms with van der Waals surface area (Å²) in [5.74, 6) is -1.37. The summed E-state index contributed by atoms with van der Waals surface area (Å²) in [6, 6.07) is 4.36. The van der Waals surface area contributed by atoms with Gasteiger partial charge in [-0.1, -0.05) is 31.0 Å². The van der Waals surface area contributed by atoms with E-state index in [1.807, 2.05) is 6.92 Å². The molecule has 0 heterocycles. The lowest BCUT2D eigenvalue weighted by Crippen LogP contribution is -2.48. The Bertz CT molecular complexity index is 439. The van der Waals surface area contributed by atoms with Crippen LogP contribution in [-0.2, 0) is 11.3 Å². The Morgan fingerprint density at radius 1 is 1.56 bits per heavy atom. The minimum Gasteiger partial charge on any atom is -0.480 e. The fourth-order valence-corrected chi connectivity index (χ4v) is 1.92. The fourth-order valence-electron chi connectivity index (χ4n) is 1.72. The number of hydrogen-bond donors (Lipinski definition) is 2. The summed E-state index contributed by atoms with van der Waals surface area (Å²) >= 11 is 5.67. The van der Waals surface area contributed by atoms with Crippen LogP contribution in [-0.4, -0.2) is 16.6 Å². The van der Waals surface area contributed by atoms with Crippen LogP contribution in [0.25, 0.3) is 0 Å². The van der Waals surface area contributed by atoms with Crippen molar-refractivity contribution in [3.8, 4) is 0 Å². The molecule has 1 aromatic carbocycles. The third-order valence-corrected chi connectivity index (χ3v) is 3.18. The van der Waals surface area contributed by atoms with Crippen LogP contribution >= 0.6 is 11.6 Å². The first kappa shape index (κ1) is 14.9. The van der Waals surface area contributed by atoms with Crippen LogP contribution in [0.5, 0.6) is 0 Å². The lowest BCUT2D eigenvalue weighted by molar-refractivity contribution is -0.144. The number of nitrogens with one attached hydrogen (secondary N) is 1. The molecule has 1 aromatic rings. The normalized spacial score (nSPS) is 14.2. The van der Waals surface area contributed by atoms with Crippen molar-refractivity contribution in [2.45, 2.75) is 38.8 Å². The van der Waals surface area contributed by atoms with Gasteiger partial charge in [-0.3, -0.25) is 10.1 Å².